The molecule has 20 heavy (non-hydrogen) atoms. The minimum absolute atomic E-state index is 0.0549. The first-order chi connectivity index (χ1) is 9.28. The Kier molecular flexibility index (Phi) is 4.30. The van der Waals surface area contributed by atoms with E-state index >= 15 is 0 Å². The molecule has 0 amide bonds. The first kappa shape index (κ1) is 15.2. The van der Waals surface area contributed by atoms with Gasteiger partial charge < -0.3 is 0 Å². The fourth-order valence-corrected chi connectivity index (χ4v) is 4.08. The SMILES string of the molecule is Cc1ccc(C(=O)CN2CCS(=O)(=O)CC2C)cc1C. The molecule has 1 aliphatic rings. The minimum atomic E-state index is -2.93. The van der Waals surface area contributed by atoms with E-state index in [4.69, 9.17) is 0 Å². The van der Waals surface area contributed by atoms with Crippen molar-refractivity contribution in [3.8, 4) is 0 Å². The predicted octanol–water partition coefficient (Wildman–Crippen LogP) is 1.61. The number of benzene rings is 1. The Morgan fingerprint density at radius 2 is 2.00 bits per heavy atom. The summed E-state index contributed by atoms with van der Waals surface area (Å²) < 4.78 is 23.1. The Balaban J connectivity index is 2.06. The van der Waals surface area contributed by atoms with Gasteiger partial charge in [-0.05, 0) is 38.0 Å². The molecule has 5 heteroatoms. The van der Waals surface area contributed by atoms with E-state index in [-0.39, 0.29) is 23.3 Å². The van der Waals surface area contributed by atoms with E-state index in [2.05, 4.69) is 0 Å². The van der Waals surface area contributed by atoms with Gasteiger partial charge in [-0.15, -0.1) is 0 Å². The second-order valence-corrected chi connectivity index (χ2v) is 7.88. The van der Waals surface area contributed by atoms with Crippen molar-refractivity contribution in [1.29, 1.82) is 0 Å². The van der Waals surface area contributed by atoms with E-state index in [0.717, 1.165) is 5.56 Å². The summed E-state index contributed by atoms with van der Waals surface area (Å²) >= 11 is 0. The highest BCUT2D eigenvalue weighted by molar-refractivity contribution is 7.91. The topological polar surface area (TPSA) is 54.5 Å². The highest BCUT2D eigenvalue weighted by Gasteiger charge is 2.29. The van der Waals surface area contributed by atoms with Gasteiger partial charge in [0.25, 0.3) is 0 Å². The Hall–Kier alpha value is -1.20. The molecule has 110 valence electrons. The van der Waals surface area contributed by atoms with Gasteiger partial charge in [-0.3, -0.25) is 9.69 Å². The first-order valence-corrected chi connectivity index (χ1v) is 8.65. The summed E-state index contributed by atoms with van der Waals surface area (Å²) in [7, 11) is -2.93. The van der Waals surface area contributed by atoms with Crippen molar-refractivity contribution in [3.63, 3.8) is 0 Å². The summed E-state index contributed by atoms with van der Waals surface area (Å²) in [4.78, 5) is 14.2. The van der Waals surface area contributed by atoms with Crippen LogP contribution < -0.4 is 0 Å². The number of aryl methyl sites for hydroxylation is 2. The lowest BCUT2D eigenvalue weighted by molar-refractivity contribution is 0.0908. The molecule has 0 N–H and O–H groups in total. The lowest BCUT2D eigenvalue weighted by Crippen LogP contribution is -2.48. The zero-order chi connectivity index (χ0) is 14.9. The van der Waals surface area contributed by atoms with Crippen molar-refractivity contribution >= 4 is 15.6 Å². The smallest absolute Gasteiger partial charge is 0.176 e. The van der Waals surface area contributed by atoms with E-state index in [1.165, 1.54) is 5.56 Å². The van der Waals surface area contributed by atoms with Crippen LogP contribution in [0.5, 0.6) is 0 Å². The zero-order valence-corrected chi connectivity index (χ0v) is 13.0. The van der Waals surface area contributed by atoms with Crippen LogP contribution in [0.1, 0.15) is 28.4 Å². The standard InChI is InChI=1S/C15H21NO3S/c1-11-4-5-14(8-12(11)2)15(17)9-16-6-7-20(18,19)10-13(16)3/h4-5,8,13H,6-7,9-10H2,1-3H3. The minimum Gasteiger partial charge on any atom is -0.293 e. The van der Waals surface area contributed by atoms with Crippen LogP contribution in [0.15, 0.2) is 18.2 Å². The highest BCUT2D eigenvalue weighted by Crippen LogP contribution is 2.14. The molecule has 2 rings (SSSR count). The maximum Gasteiger partial charge on any atom is 0.176 e. The molecule has 1 atom stereocenters. The summed E-state index contributed by atoms with van der Waals surface area (Å²) in [5, 5.41) is 0. The maximum absolute atomic E-state index is 12.3. The molecule has 0 saturated carbocycles. The van der Waals surface area contributed by atoms with E-state index in [1.54, 1.807) is 0 Å². The molecule has 1 aromatic carbocycles. The summed E-state index contributed by atoms with van der Waals surface area (Å²) in [6.07, 6.45) is 0. The van der Waals surface area contributed by atoms with Crippen LogP contribution in [0.25, 0.3) is 0 Å². The molecular formula is C15H21NO3S. The number of hydrogen-bond acceptors (Lipinski definition) is 4. The van der Waals surface area contributed by atoms with Crippen molar-refractivity contribution in [3.05, 3.63) is 34.9 Å². The molecule has 1 unspecified atom stereocenters. The van der Waals surface area contributed by atoms with Crippen LogP contribution in [-0.2, 0) is 9.84 Å². The van der Waals surface area contributed by atoms with E-state index in [9.17, 15) is 13.2 Å². The zero-order valence-electron chi connectivity index (χ0n) is 12.2. The second-order valence-electron chi connectivity index (χ2n) is 5.66. The molecule has 1 heterocycles. The average Bonchev–Trinajstić information content (AvgIpc) is 2.35. The predicted molar refractivity (Wildman–Crippen MR) is 79.9 cm³/mol. The molecule has 0 radical (unpaired) electrons. The van der Waals surface area contributed by atoms with Gasteiger partial charge in [0.05, 0.1) is 18.1 Å². The molecular weight excluding hydrogens is 274 g/mol. The van der Waals surface area contributed by atoms with E-state index in [0.29, 0.717) is 18.7 Å². The number of nitrogens with zero attached hydrogens (tertiary/aromatic N) is 1. The van der Waals surface area contributed by atoms with Crippen LogP contribution in [-0.4, -0.2) is 49.7 Å². The number of ketones is 1. The molecule has 1 aliphatic heterocycles. The van der Waals surface area contributed by atoms with Gasteiger partial charge in [0.2, 0.25) is 0 Å². The highest BCUT2D eigenvalue weighted by atomic mass is 32.2. The Morgan fingerprint density at radius 3 is 2.60 bits per heavy atom. The molecule has 0 aliphatic carbocycles. The van der Waals surface area contributed by atoms with Crippen LogP contribution in [0, 0.1) is 13.8 Å². The number of sulfone groups is 1. The normalized spacial score (nSPS) is 22.6. The van der Waals surface area contributed by atoms with Crippen LogP contribution in [0.3, 0.4) is 0 Å². The van der Waals surface area contributed by atoms with Gasteiger partial charge in [-0.2, -0.15) is 0 Å². The van der Waals surface area contributed by atoms with Crippen molar-refractivity contribution in [1.82, 2.24) is 4.90 Å². The third kappa shape index (κ3) is 3.46. The molecule has 1 saturated heterocycles. The monoisotopic (exact) mass is 295 g/mol. The van der Waals surface area contributed by atoms with Crippen LogP contribution >= 0.6 is 0 Å². The molecule has 1 fully saturated rings. The third-order valence-electron chi connectivity index (χ3n) is 3.98. The molecule has 0 spiro atoms. The Bertz CT molecular complexity index is 622. The molecule has 0 aromatic heterocycles. The quantitative estimate of drug-likeness (QED) is 0.795. The van der Waals surface area contributed by atoms with Crippen molar-refractivity contribution in [2.24, 2.45) is 0 Å². The van der Waals surface area contributed by atoms with Crippen molar-refractivity contribution in [2.45, 2.75) is 26.8 Å². The average molecular weight is 295 g/mol. The van der Waals surface area contributed by atoms with Gasteiger partial charge in [0.1, 0.15) is 0 Å². The van der Waals surface area contributed by atoms with Crippen molar-refractivity contribution in [2.75, 3.05) is 24.6 Å². The maximum atomic E-state index is 12.3. The molecule has 4 nitrogen and oxygen atoms in total. The fraction of sp³-hybridized carbons (Fsp3) is 0.533. The van der Waals surface area contributed by atoms with Crippen LogP contribution in [0.4, 0.5) is 0 Å². The largest absolute Gasteiger partial charge is 0.293 e. The lowest BCUT2D eigenvalue weighted by Gasteiger charge is -2.32. The summed E-state index contributed by atoms with van der Waals surface area (Å²) in [5.41, 5.74) is 2.97. The summed E-state index contributed by atoms with van der Waals surface area (Å²) in [6.45, 7) is 6.60. The third-order valence-corrected chi connectivity index (χ3v) is 5.78. The van der Waals surface area contributed by atoms with Crippen molar-refractivity contribution < 1.29 is 13.2 Å². The first-order valence-electron chi connectivity index (χ1n) is 6.83. The fourth-order valence-electron chi connectivity index (χ4n) is 2.46. The van der Waals surface area contributed by atoms with E-state index in [1.807, 2.05) is 43.9 Å². The number of Topliss-reactive ketones (excluding diaryl/α,β-unsaturated/α-hetero) is 1. The summed E-state index contributed by atoms with van der Waals surface area (Å²) in [6, 6.07) is 5.61. The lowest BCUT2D eigenvalue weighted by atomic mass is 10.0. The Labute approximate surface area is 120 Å². The Morgan fingerprint density at radius 1 is 1.30 bits per heavy atom. The second kappa shape index (κ2) is 5.66. The number of carbonyl (C=O) groups is 1. The number of rotatable bonds is 3. The number of hydrogen-bond donors (Lipinski definition) is 0. The van der Waals surface area contributed by atoms with Gasteiger partial charge in [0.15, 0.2) is 15.6 Å². The van der Waals surface area contributed by atoms with Crippen LogP contribution in [0.2, 0.25) is 0 Å². The van der Waals surface area contributed by atoms with Gasteiger partial charge in [0, 0.05) is 18.2 Å². The van der Waals surface area contributed by atoms with Gasteiger partial charge in [-0.25, -0.2) is 8.42 Å². The van der Waals surface area contributed by atoms with Gasteiger partial charge >= 0.3 is 0 Å². The number of carbonyl (C=O) groups excluding carboxylic acids is 1. The molecule has 1 aromatic rings. The van der Waals surface area contributed by atoms with E-state index < -0.39 is 9.84 Å². The molecule has 0 bridgehead atoms. The van der Waals surface area contributed by atoms with Gasteiger partial charge in [-0.1, -0.05) is 12.1 Å². The summed E-state index contributed by atoms with van der Waals surface area (Å²) in [5.74, 6) is 0.351.